The van der Waals surface area contributed by atoms with Crippen molar-refractivity contribution in [2.45, 2.75) is 96.6 Å². The third kappa shape index (κ3) is 5.25. The molecule has 2 rings (SSSR count). The summed E-state index contributed by atoms with van der Waals surface area (Å²) in [6.07, 6.45) is 14.3. The second kappa shape index (κ2) is 8.53. The van der Waals surface area contributed by atoms with Crippen LogP contribution in [0.5, 0.6) is 0 Å². The highest BCUT2D eigenvalue weighted by Gasteiger charge is 2.36. The van der Waals surface area contributed by atoms with Crippen LogP contribution in [0.25, 0.3) is 0 Å². The van der Waals surface area contributed by atoms with Crippen LogP contribution in [0.3, 0.4) is 0 Å². The van der Waals surface area contributed by atoms with Crippen molar-refractivity contribution in [3.05, 3.63) is 0 Å². The van der Waals surface area contributed by atoms with Gasteiger partial charge in [0.15, 0.2) is 0 Å². The van der Waals surface area contributed by atoms with Crippen LogP contribution in [0.4, 0.5) is 0 Å². The van der Waals surface area contributed by atoms with E-state index in [0.717, 1.165) is 12.0 Å². The maximum Gasteiger partial charge on any atom is 0.0278 e. The zero-order chi connectivity index (χ0) is 15.1. The molecule has 0 radical (unpaired) electrons. The van der Waals surface area contributed by atoms with Gasteiger partial charge in [-0.1, -0.05) is 51.9 Å². The highest BCUT2D eigenvalue weighted by atomic mass is 15.3. The third-order valence-electron chi connectivity index (χ3n) is 5.82. The Balaban J connectivity index is 1.78. The molecule has 21 heavy (non-hydrogen) atoms. The second-order valence-electron chi connectivity index (χ2n) is 8.06. The lowest BCUT2D eigenvalue weighted by Gasteiger charge is -2.48. The first-order chi connectivity index (χ1) is 10.1. The van der Waals surface area contributed by atoms with E-state index in [9.17, 15) is 0 Å². The van der Waals surface area contributed by atoms with Gasteiger partial charge in [0.25, 0.3) is 0 Å². The molecule has 1 saturated carbocycles. The lowest BCUT2D eigenvalue weighted by atomic mass is 9.81. The SMILES string of the molecule is CCCCCCCN1CC(C2CCCCC2)NCC1(C)C. The van der Waals surface area contributed by atoms with Crippen molar-refractivity contribution in [1.29, 1.82) is 0 Å². The summed E-state index contributed by atoms with van der Waals surface area (Å²) in [7, 11) is 0. The van der Waals surface area contributed by atoms with Crippen LogP contribution < -0.4 is 5.32 Å². The van der Waals surface area contributed by atoms with E-state index in [0.29, 0.717) is 5.54 Å². The summed E-state index contributed by atoms with van der Waals surface area (Å²) < 4.78 is 0. The molecule has 0 aromatic rings. The summed E-state index contributed by atoms with van der Waals surface area (Å²) in [6.45, 7) is 10.9. The fourth-order valence-electron chi connectivity index (χ4n) is 4.19. The van der Waals surface area contributed by atoms with Gasteiger partial charge < -0.3 is 5.32 Å². The Hall–Kier alpha value is -0.0800. The minimum atomic E-state index is 0.343. The first-order valence-electron chi connectivity index (χ1n) is 9.62. The van der Waals surface area contributed by atoms with Crippen molar-refractivity contribution in [2.24, 2.45) is 5.92 Å². The Morgan fingerprint density at radius 3 is 2.43 bits per heavy atom. The van der Waals surface area contributed by atoms with E-state index in [1.54, 1.807) is 0 Å². The van der Waals surface area contributed by atoms with Gasteiger partial charge in [0.1, 0.15) is 0 Å². The molecule has 0 amide bonds. The van der Waals surface area contributed by atoms with E-state index < -0.39 is 0 Å². The Kier molecular flexibility index (Phi) is 7.01. The average Bonchev–Trinajstić information content (AvgIpc) is 2.49. The number of unbranched alkanes of at least 4 members (excludes halogenated alkanes) is 4. The van der Waals surface area contributed by atoms with Gasteiger partial charge in [-0.2, -0.15) is 0 Å². The van der Waals surface area contributed by atoms with Crippen molar-refractivity contribution in [1.82, 2.24) is 10.2 Å². The molecule has 1 aliphatic heterocycles. The zero-order valence-corrected chi connectivity index (χ0v) is 14.8. The molecular formula is C19H38N2. The van der Waals surface area contributed by atoms with Crippen molar-refractivity contribution >= 4 is 0 Å². The van der Waals surface area contributed by atoms with Crippen molar-refractivity contribution in [3.63, 3.8) is 0 Å². The van der Waals surface area contributed by atoms with E-state index >= 15 is 0 Å². The average molecular weight is 295 g/mol. The molecule has 1 heterocycles. The summed E-state index contributed by atoms with van der Waals surface area (Å²) >= 11 is 0. The van der Waals surface area contributed by atoms with Crippen LogP contribution in [0.1, 0.15) is 85.0 Å². The van der Waals surface area contributed by atoms with Gasteiger partial charge in [-0.25, -0.2) is 0 Å². The molecule has 1 N–H and O–H groups in total. The third-order valence-corrected chi connectivity index (χ3v) is 5.82. The van der Waals surface area contributed by atoms with Crippen LogP contribution in [-0.4, -0.2) is 36.1 Å². The van der Waals surface area contributed by atoms with E-state index in [2.05, 4.69) is 31.0 Å². The molecule has 1 aliphatic carbocycles. The molecular weight excluding hydrogens is 256 g/mol. The van der Waals surface area contributed by atoms with E-state index in [1.165, 1.54) is 83.8 Å². The van der Waals surface area contributed by atoms with Crippen LogP contribution in [-0.2, 0) is 0 Å². The predicted octanol–water partition coefficient (Wildman–Crippen LogP) is 4.59. The maximum absolute atomic E-state index is 3.88. The zero-order valence-electron chi connectivity index (χ0n) is 14.8. The van der Waals surface area contributed by atoms with Crippen LogP contribution in [0.15, 0.2) is 0 Å². The number of piperazine rings is 1. The summed E-state index contributed by atoms with van der Waals surface area (Å²) in [4.78, 5) is 2.79. The second-order valence-corrected chi connectivity index (χ2v) is 8.06. The molecule has 1 unspecified atom stereocenters. The molecule has 2 aliphatic rings. The van der Waals surface area contributed by atoms with Gasteiger partial charge in [0.05, 0.1) is 0 Å². The number of rotatable bonds is 7. The van der Waals surface area contributed by atoms with Crippen molar-refractivity contribution in [2.75, 3.05) is 19.6 Å². The minimum absolute atomic E-state index is 0.343. The Morgan fingerprint density at radius 1 is 1.00 bits per heavy atom. The summed E-state index contributed by atoms with van der Waals surface area (Å²) in [5, 5.41) is 3.88. The fraction of sp³-hybridized carbons (Fsp3) is 1.00. The maximum atomic E-state index is 3.88. The van der Waals surface area contributed by atoms with Crippen molar-refractivity contribution < 1.29 is 0 Å². The molecule has 124 valence electrons. The highest BCUT2D eigenvalue weighted by Crippen LogP contribution is 2.30. The lowest BCUT2D eigenvalue weighted by molar-refractivity contribution is 0.0426. The fourth-order valence-corrected chi connectivity index (χ4v) is 4.19. The smallest absolute Gasteiger partial charge is 0.0278 e. The minimum Gasteiger partial charge on any atom is -0.311 e. The summed E-state index contributed by atoms with van der Waals surface area (Å²) in [5.74, 6) is 0.942. The lowest BCUT2D eigenvalue weighted by Crippen LogP contribution is -2.63. The Labute approximate surface area is 133 Å². The van der Waals surface area contributed by atoms with Crippen molar-refractivity contribution in [3.8, 4) is 0 Å². The molecule has 0 bridgehead atoms. The molecule has 1 atom stereocenters. The van der Waals surface area contributed by atoms with Gasteiger partial charge >= 0.3 is 0 Å². The predicted molar refractivity (Wildman–Crippen MR) is 92.8 cm³/mol. The standard InChI is InChI=1S/C19H38N2/c1-4-5-6-7-11-14-21-15-18(20-16-19(21,2)3)17-12-9-8-10-13-17/h17-18,20H,4-16H2,1-3H3. The molecule has 0 aromatic heterocycles. The summed E-state index contributed by atoms with van der Waals surface area (Å²) in [6, 6.07) is 0.758. The van der Waals surface area contributed by atoms with Crippen LogP contribution >= 0.6 is 0 Å². The van der Waals surface area contributed by atoms with Gasteiger partial charge in [-0.05, 0) is 45.6 Å². The Bertz CT molecular complexity index is 281. The van der Waals surface area contributed by atoms with E-state index in [4.69, 9.17) is 0 Å². The van der Waals surface area contributed by atoms with Gasteiger partial charge in [0, 0.05) is 24.7 Å². The molecule has 2 fully saturated rings. The first-order valence-corrected chi connectivity index (χ1v) is 9.62. The Morgan fingerprint density at radius 2 is 1.71 bits per heavy atom. The van der Waals surface area contributed by atoms with Crippen LogP contribution in [0, 0.1) is 5.92 Å². The largest absolute Gasteiger partial charge is 0.311 e. The topological polar surface area (TPSA) is 15.3 Å². The van der Waals surface area contributed by atoms with E-state index in [1.807, 2.05) is 0 Å². The molecule has 0 aromatic carbocycles. The van der Waals surface area contributed by atoms with Gasteiger partial charge in [-0.3, -0.25) is 4.90 Å². The number of nitrogens with one attached hydrogen (secondary N) is 1. The first kappa shape index (κ1) is 17.3. The summed E-state index contributed by atoms with van der Waals surface area (Å²) in [5.41, 5.74) is 0.343. The highest BCUT2D eigenvalue weighted by molar-refractivity contribution is 4.95. The van der Waals surface area contributed by atoms with Crippen LogP contribution in [0.2, 0.25) is 0 Å². The van der Waals surface area contributed by atoms with Gasteiger partial charge in [0.2, 0.25) is 0 Å². The van der Waals surface area contributed by atoms with E-state index in [-0.39, 0.29) is 0 Å². The number of hydrogen-bond acceptors (Lipinski definition) is 2. The molecule has 2 heteroatoms. The molecule has 0 spiro atoms. The molecule has 2 nitrogen and oxygen atoms in total. The monoisotopic (exact) mass is 294 g/mol. The quantitative estimate of drug-likeness (QED) is 0.691. The van der Waals surface area contributed by atoms with Gasteiger partial charge in [-0.15, -0.1) is 0 Å². The number of hydrogen-bond donors (Lipinski definition) is 1. The normalized spacial score (nSPS) is 27.9. The number of nitrogens with zero attached hydrogens (tertiary/aromatic N) is 1. The molecule has 1 saturated heterocycles.